The van der Waals surface area contributed by atoms with Gasteiger partial charge in [0.2, 0.25) is 0 Å². The van der Waals surface area contributed by atoms with Crippen LogP contribution >= 0.6 is 0 Å². The van der Waals surface area contributed by atoms with Crippen LogP contribution in [0, 0.1) is 10.1 Å². The first-order valence-corrected chi connectivity index (χ1v) is 7.55. The predicted octanol–water partition coefficient (Wildman–Crippen LogP) is 1.52. The van der Waals surface area contributed by atoms with E-state index in [4.69, 9.17) is 4.74 Å². The Hall–Kier alpha value is -1.93. The fourth-order valence-corrected chi connectivity index (χ4v) is 2.76. The van der Waals surface area contributed by atoms with E-state index < -0.39 is 4.92 Å². The molecule has 0 atom stereocenters. The van der Waals surface area contributed by atoms with Gasteiger partial charge in [-0.25, -0.2) is 4.98 Å². The largest absolute Gasteiger partial charge is 0.393 e. The lowest BCUT2D eigenvalue weighted by molar-refractivity contribution is -0.384. The molecule has 1 aliphatic carbocycles. The van der Waals surface area contributed by atoms with Crippen LogP contribution in [0.2, 0.25) is 0 Å². The lowest BCUT2D eigenvalue weighted by Crippen LogP contribution is -2.40. The van der Waals surface area contributed by atoms with E-state index in [1.165, 1.54) is 6.20 Å². The molecule has 2 fully saturated rings. The number of hydrogen-bond donors (Lipinski definition) is 3. The average molecular weight is 308 g/mol. The molecule has 1 aromatic heterocycles. The summed E-state index contributed by atoms with van der Waals surface area (Å²) in [6.45, 7) is 1.12. The lowest BCUT2D eigenvalue weighted by atomic mass is 9.93. The molecule has 0 spiro atoms. The molecule has 120 valence electrons. The summed E-state index contributed by atoms with van der Waals surface area (Å²) in [6.07, 6.45) is 4.36. The maximum atomic E-state index is 11.1. The van der Waals surface area contributed by atoms with Crippen LogP contribution in [0.5, 0.6) is 0 Å². The Morgan fingerprint density at radius 1 is 1.23 bits per heavy atom. The Balaban J connectivity index is 1.71. The Morgan fingerprint density at radius 3 is 2.55 bits per heavy atom. The number of rotatable bonds is 5. The molecular weight excluding hydrogens is 288 g/mol. The summed E-state index contributed by atoms with van der Waals surface area (Å²) in [4.78, 5) is 14.8. The van der Waals surface area contributed by atoms with Crippen LogP contribution in [-0.4, -0.2) is 46.4 Å². The van der Waals surface area contributed by atoms with Crippen molar-refractivity contribution in [2.75, 3.05) is 23.8 Å². The molecule has 3 N–H and O–H groups in total. The fourth-order valence-electron chi connectivity index (χ4n) is 2.76. The molecule has 22 heavy (non-hydrogen) atoms. The highest BCUT2D eigenvalue weighted by atomic mass is 16.6. The average Bonchev–Trinajstić information content (AvgIpc) is 2.45. The molecule has 1 aliphatic heterocycles. The predicted molar refractivity (Wildman–Crippen MR) is 81.0 cm³/mol. The molecule has 8 nitrogen and oxygen atoms in total. The van der Waals surface area contributed by atoms with E-state index in [0.717, 1.165) is 25.7 Å². The lowest BCUT2D eigenvalue weighted by Gasteiger charge is -2.28. The Morgan fingerprint density at radius 2 is 1.95 bits per heavy atom. The maximum absolute atomic E-state index is 11.1. The van der Waals surface area contributed by atoms with Gasteiger partial charge in [0, 0.05) is 12.1 Å². The third-order valence-corrected chi connectivity index (χ3v) is 4.13. The summed E-state index contributed by atoms with van der Waals surface area (Å²) in [5.41, 5.74) is 0.433. The van der Waals surface area contributed by atoms with Crippen LogP contribution in [-0.2, 0) is 4.74 Å². The van der Waals surface area contributed by atoms with E-state index >= 15 is 0 Å². The van der Waals surface area contributed by atoms with E-state index in [9.17, 15) is 15.2 Å². The Kier molecular flexibility index (Phi) is 4.39. The monoisotopic (exact) mass is 308 g/mol. The van der Waals surface area contributed by atoms with Gasteiger partial charge in [0.1, 0.15) is 17.7 Å². The van der Waals surface area contributed by atoms with E-state index in [1.807, 2.05) is 0 Å². The molecule has 0 amide bonds. The number of aliphatic hydroxyl groups is 1. The molecule has 2 heterocycles. The van der Waals surface area contributed by atoms with Crippen molar-refractivity contribution in [3.8, 4) is 0 Å². The Bertz CT molecular complexity index is 542. The highest BCUT2D eigenvalue weighted by Gasteiger charge is 2.24. The highest BCUT2D eigenvalue weighted by molar-refractivity contribution is 5.65. The zero-order valence-corrected chi connectivity index (χ0v) is 12.2. The molecule has 1 saturated heterocycles. The SMILES string of the molecule is O=[N+]([O-])c1cnc(NC2CCC(O)CC2)cc1NC1COC1. The first kappa shape index (κ1) is 15.0. The van der Waals surface area contributed by atoms with Crippen molar-refractivity contribution in [1.29, 1.82) is 0 Å². The van der Waals surface area contributed by atoms with Crippen molar-refractivity contribution in [3.05, 3.63) is 22.4 Å². The number of pyridine rings is 1. The number of aromatic nitrogens is 1. The molecular formula is C14H20N4O4. The second kappa shape index (κ2) is 6.45. The van der Waals surface area contributed by atoms with E-state index in [1.54, 1.807) is 6.07 Å². The van der Waals surface area contributed by atoms with Gasteiger partial charge in [-0.2, -0.15) is 0 Å². The number of aliphatic hydroxyl groups excluding tert-OH is 1. The van der Waals surface area contributed by atoms with Gasteiger partial charge in [-0.05, 0) is 25.7 Å². The minimum Gasteiger partial charge on any atom is -0.393 e. The third kappa shape index (κ3) is 3.45. The summed E-state index contributed by atoms with van der Waals surface area (Å²) in [6, 6.07) is 2.04. The van der Waals surface area contributed by atoms with Crippen LogP contribution < -0.4 is 10.6 Å². The van der Waals surface area contributed by atoms with Gasteiger partial charge in [-0.1, -0.05) is 0 Å². The number of nitro groups is 1. The summed E-state index contributed by atoms with van der Waals surface area (Å²) in [7, 11) is 0. The van der Waals surface area contributed by atoms with Crippen molar-refractivity contribution < 1.29 is 14.8 Å². The number of nitrogens with zero attached hydrogens (tertiary/aromatic N) is 2. The number of hydrogen-bond acceptors (Lipinski definition) is 7. The zero-order valence-electron chi connectivity index (χ0n) is 12.2. The van der Waals surface area contributed by atoms with Crippen molar-refractivity contribution >= 4 is 17.2 Å². The molecule has 3 rings (SSSR count). The number of anilines is 2. The van der Waals surface area contributed by atoms with Crippen LogP contribution in [0.25, 0.3) is 0 Å². The highest BCUT2D eigenvalue weighted by Crippen LogP contribution is 2.29. The van der Waals surface area contributed by atoms with Crippen molar-refractivity contribution in [1.82, 2.24) is 4.98 Å². The summed E-state index contributed by atoms with van der Waals surface area (Å²) >= 11 is 0. The van der Waals surface area contributed by atoms with Gasteiger partial charge < -0.3 is 20.5 Å². The van der Waals surface area contributed by atoms with Gasteiger partial charge >= 0.3 is 5.69 Å². The van der Waals surface area contributed by atoms with Crippen LogP contribution in [0.1, 0.15) is 25.7 Å². The second-order valence-electron chi connectivity index (χ2n) is 5.87. The molecule has 0 bridgehead atoms. The van der Waals surface area contributed by atoms with Gasteiger partial charge in [-0.3, -0.25) is 10.1 Å². The van der Waals surface area contributed by atoms with E-state index in [2.05, 4.69) is 15.6 Å². The number of nitrogens with one attached hydrogen (secondary N) is 2. The molecule has 0 radical (unpaired) electrons. The third-order valence-electron chi connectivity index (χ3n) is 4.13. The first-order valence-electron chi connectivity index (χ1n) is 7.55. The smallest absolute Gasteiger partial charge is 0.310 e. The number of ether oxygens (including phenoxy) is 1. The Labute approximate surface area is 128 Å². The van der Waals surface area contributed by atoms with Crippen molar-refractivity contribution in [3.63, 3.8) is 0 Å². The van der Waals surface area contributed by atoms with Crippen LogP contribution in [0.4, 0.5) is 17.2 Å². The van der Waals surface area contributed by atoms with Gasteiger partial charge in [0.25, 0.3) is 0 Å². The summed E-state index contributed by atoms with van der Waals surface area (Å²) in [5.74, 6) is 0.620. The quantitative estimate of drug-likeness (QED) is 0.558. The minimum absolute atomic E-state index is 0.0310. The van der Waals surface area contributed by atoms with Crippen molar-refractivity contribution in [2.45, 2.75) is 43.9 Å². The standard InChI is InChI=1S/C14H20N4O4/c19-11-3-1-9(2-4-11)17-14-5-12(16-10-7-22-8-10)13(6-15-14)18(20)21/h5-6,9-11,19H,1-4,7-8H2,(H2,15,16,17). The molecule has 1 aromatic rings. The molecule has 0 aromatic carbocycles. The zero-order chi connectivity index (χ0) is 15.5. The van der Waals surface area contributed by atoms with Gasteiger partial charge in [0.05, 0.1) is 30.3 Å². The second-order valence-corrected chi connectivity index (χ2v) is 5.87. The van der Waals surface area contributed by atoms with E-state index in [-0.39, 0.29) is 23.9 Å². The summed E-state index contributed by atoms with van der Waals surface area (Å²) < 4.78 is 5.08. The molecule has 2 aliphatic rings. The summed E-state index contributed by atoms with van der Waals surface area (Å²) in [5, 5.41) is 27.0. The minimum atomic E-state index is -0.435. The molecule has 0 unspecified atom stereocenters. The van der Waals surface area contributed by atoms with E-state index in [0.29, 0.717) is 24.7 Å². The molecule has 1 saturated carbocycles. The maximum Gasteiger partial charge on any atom is 0.310 e. The first-order chi connectivity index (χ1) is 10.6. The van der Waals surface area contributed by atoms with Crippen LogP contribution in [0.3, 0.4) is 0 Å². The van der Waals surface area contributed by atoms with Gasteiger partial charge in [0.15, 0.2) is 0 Å². The normalized spacial score (nSPS) is 25.3. The van der Waals surface area contributed by atoms with Crippen molar-refractivity contribution in [2.24, 2.45) is 0 Å². The molecule has 8 heteroatoms. The fraction of sp³-hybridized carbons (Fsp3) is 0.643. The topological polar surface area (TPSA) is 110 Å². The van der Waals surface area contributed by atoms with Gasteiger partial charge in [-0.15, -0.1) is 0 Å². The van der Waals surface area contributed by atoms with Crippen LogP contribution in [0.15, 0.2) is 12.3 Å².